The van der Waals surface area contributed by atoms with Crippen LogP contribution in [0.25, 0.3) is 0 Å². The molecule has 0 spiro atoms. The van der Waals surface area contributed by atoms with Crippen LogP contribution < -0.4 is 5.73 Å². The van der Waals surface area contributed by atoms with Gasteiger partial charge in [-0.05, 0) is 24.1 Å². The second kappa shape index (κ2) is 3.91. The Morgan fingerprint density at radius 3 is 2.38 bits per heavy atom. The van der Waals surface area contributed by atoms with Gasteiger partial charge in [-0.3, -0.25) is 4.79 Å². The maximum atomic E-state index is 10.4. The zero-order valence-electron chi connectivity index (χ0n) is 6.97. The number of phenolic OH excluding ortho intramolecular Hbond substituents is 1. The molecule has 1 aromatic carbocycles. The second-order valence-corrected chi connectivity index (χ2v) is 2.82. The molecule has 0 aromatic heterocycles. The average molecular weight is 184 g/mol. The van der Waals surface area contributed by atoms with Gasteiger partial charge in [0.15, 0.2) is 0 Å². The number of carbonyl (C=O) groups is 1. The standard InChI is InChI=1S/C9H11NO3/c10-8(9(12)13)5-6-1-3-7(11)4-2-6/h1-4,8,11H,5,10H2,(H,12,13)/t8-/m0/s1/i5+1,8+1,9+1. The number of hydrogen-bond donors (Lipinski definition) is 3. The Kier molecular flexibility index (Phi) is 2.87. The minimum absolute atomic E-state index is 0.160. The minimum atomic E-state index is -1.02. The van der Waals surface area contributed by atoms with Crippen molar-refractivity contribution in [1.29, 1.82) is 0 Å². The lowest BCUT2D eigenvalue weighted by Crippen LogP contribution is -2.32. The van der Waals surface area contributed by atoms with Crippen LogP contribution in [0.15, 0.2) is 24.3 Å². The van der Waals surface area contributed by atoms with Crippen molar-refractivity contribution >= 4 is 5.97 Å². The van der Waals surface area contributed by atoms with Crippen molar-refractivity contribution in [1.82, 2.24) is 0 Å². The molecular formula is C9H11NO3. The molecule has 0 heterocycles. The molecule has 1 atom stereocenters. The molecule has 0 aliphatic carbocycles. The van der Waals surface area contributed by atoms with Crippen LogP contribution in [0.2, 0.25) is 0 Å². The summed E-state index contributed by atoms with van der Waals surface area (Å²) in [5.74, 6) is -0.860. The number of carboxylic acid groups (broad SMARTS) is 1. The van der Waals surface area contributed by atoms with E-state index in [1.807, 2.05) is 0 Å². The molecule has 0 bridgehead atoms. The van der Waals surface area contributed by atoms with E-state index < -0.39 is 12.0 Å². The zero-order valence-corrected chi connectivity index (χ0v) is 6.97. The first-order valence-electron chi connectivity index (χ1n) is 3.86. The molecular weight excluding hydrogens is 173 g/mol. The molecule has 0 saturated carbocycles. The predicted octanol–water partition coefficient (Wildman–Crippen LogP) is 0.347. The van der Waals surface area contributed by atoms with Gasteiger partial charge in [-0.25, -0.2) is 0 Å². The highest BCUT2D eigenvalue weighted by Gasteiger charge is 2.11. The van der Waals surface area contributed by atoms with Crippen LogP contribution >= 0.6 is 0 Å². The van der Waals surface area contributed by atoms with Crippen molar-refractivity contribution in [2.24, 2.45) is 5.73 Å². The topological polar surface area (TPSA) is 83.5 Å². The highest BCUT2D eigenvalue weighted by atomic mass is 16.5. The molecule has 4 nitrogen and oxygen atoms in total. The summed E-state index contributed by atoms with van der Waals surface area (Å²) in [5, 5.41) is 17.5. The van der Waals surface area contributed by atoms with Crippen molar-refractivity contribution in [3.8, 4) is 5.75 Å². The van der Waals surface area contributed by atoms with E-state index in [1.165, 1.54) is 12.1 Å². The van der Waals surface area contributed by atoms with Crippen molar-refractivity contribution in [3.05, 3.63) is 29.8 Å². The molecule has 13 heavy (non-hydrogen) atoms. The van der Waals surface area contributed by atoms with Crippen molar-refractivity contribution < 1.29 is 15.0 Å². The minimum Gasteiger partial charge on any atom is -0.508 e. The summed E-state index contributed by atoms with van der Waals surface area (Å²) < 4.78 is 0. The van der Waals surface area contributed by atoms with E-state index in [-0.39, 0.29) is 12.2 Å². The maximum absolute atomic E-state index is 10.4. The fourth-order valence-corrected chi connectivity index (χ4v) is 0.973. The number of benzene rings is 1. The predicted molar refractivity (Wildman–Crippen MR) is 47.4 cm³/mol. The lowest BCUT2D eigenvalue weighted by Gasteiger charge is -2.05. The van der Waals surface area contributed by atoms with Crippen molar-refractivity contribution in [2.45, 2.75) is 12.5 Å². The number of rotatable bonds is 3. The summed E-state index contributed by atoms with van der Waals surface area (Å²) in [6.07, 6.45) is 0.273. The number of phenols is 1. The highest BCUT2D eigenvalue weighted by molar-refractivity contribution is 5.73. The Bertz CT molecular complexity index is 294. The van der Waals surface area contributed by atoms with Gasteiger partial charge in [0.05, 0.1) is 0 Å². The van der Waals surface area contributed by atoms with Gasteiger partial charge in [0.1, 0.15) is 11.8 Å². The van der Waals surface area contributed by atoms with E-state index in [0.717, 1.165) is 5.56 Å². The molecule has 0 aliphatic heterocycles. The van der Waals surface area contributed by atoms with Crippen LogP contribution in [0.1, 0.15) is 5.56 Å². The molecule has 0 saturated heterocycles. The van der Waals surface area contributed by atoms with Gasteiger partial charge in [0.2, 0.25) is 0 Å². The molecule has 1 aromatic rings. The van der Waals surface area contributed by atoms with E-state index in [1.54, 1.807) is 12.1 Å². The van der Waals surface area contributed by atoms with Crippen molar-refractivity contribution in [2.75, 3.05) is 0 Å². The van der Waals surface area contributed by atoms with Gasteiger partial charge in [-0.1, -0.05) is 12.1 Å². The van der Waals surface area contributed by atoms with Crippen LogP contribution in [-0.4, -0.2) is 22.2 Å². The molecule has 0 fully saturated rings. The SMILES string of the molecule is N[13C@@H]([13CH2]c1ccc(O)cc1)[13C](=O)O. The molecule has 1 rings (SSSR count). The third kappa shape index (κ3) is 2.76. The van der Waals surface area contributed by atoms with Gasteiger partial charge in [0.25, 0.3) is 0 Å². The Morgan fingerprint density at radius 1 is 1.38 bits per heavy atom. The second-order valence-electron chi connectivity index (χ2n) is 2.82. The summed E-state index contributed by atoms with van der Waals surface area (Å²) >= 11 is 0. The van der Waals surface area contributed by atoms with E-state index in [4.69, 9.17) is 15.9 Å². The first kappa shape index (κ1) is 9.54. The highest BCUT2D eigenvalue weighted by Crippen LogP contribution is 2.10. The average Bonchev–Trinajstić information content (AvgIpc) is 2.08. The van der Waals surface area contributed by atoms with Crippen LogP contribution in [0, 0.1) is 0 Å². The third-order valence-corrected chi connectivity index (χ3v) is 1.71. The fraction of sp³-hybridized carbons (Fsp3) is 0.222. The number of nitrogens with two attached hydrogens (primary N) is 1. The molecule has 70 valence electrons. The maximum Gasteiger partial charge on any atom is 0.320 e. The van der Waals surface area contributed by atoms with Gasteiger partial charge < -0.3 is 15.9 Å². The van der Waals surface area contributed by atoms with E-state index in [9.17, 15) is 4.79 Å². The molecule has 0 unspecified atom stereocenters. The lowest BCUT2D eigenvalue weighted by molar-refractivity contribution is -0.138. The number of hydrogen-bond acceptors (Lipinski definition) is 3. The first-order valence-corrected chi connectivity index (χ1v) is 3.86. The Labute approximate surface area is 75.6 Å². The largest absolute Gasteiger partial charge is 0.508 e. The molecule has 0 amide bonds. The van der Waals surface area contributed by atoms with Gasteiger partial charge >= 0.3 is 5.97 Å². The molecule has 4 N–H and O–H groups in total. The van der Waals surface area contributed by atoms with Crippen LogP contribution in [0.5, 0.6) is 5.75 Å². The Balaban J connectivity index is 2.64. The molecule has 4 heteroatoms. The van der Waals surface area contributed by atoms with Gasteiger partial charge in [0, 0.05) is 0 Å². The molecule has 0 aliphatic rings. The van der Waals surface area contributed by atoms with Crippen LogP contribution in [0.3, 0.4) is 0 Å². The quantitative estimate of drug-likeness (QED) is 0.592. The van der Waals surface area contributed by atoms with Crippen LogP contribution in [0.4, 0.5) is 0 Å². The number of aliphatic carboxylic acids is 1. The van der Waals surface area contributed by atoms with E-state index in [2.05, 4.69) is 0 Å². The van der Waals surface area contributed by atoms with Crippen LogP contribution in [-0.2, 0) is 11.2 Å². The summed E-state index contributed by atoms with van der Waals surface area (Å²) in [7, 11) is 0. The van der Waals surface area contributed by atoms with E-state index in [0.29, 0.717) is 0 Å². The number of carboxylic acids is 1. The van der Waals surface area contributed by atoms with Crippen molar-refractivity contribution in [3.63, 3.8) is 0 Å². The normalized spacial score (nSPS) is 12.4. The lowest BCUT2D eigenvalue weighted by atomic mass is 10.3. The Morgan fingerprint density at radius 2 is 1.92 bits per heavy atom. The number of aromatic hydroxyl groups is 1. The third-order valence-electron chi connectivity index (χ3n) is 1.71. The zero-order chi connectivity index (χ0) is 9.84. The summed E-state index contributed by atoms with van der Waals surface area (Å²) in [6.45, 7) is 0. The van der Waals surface area contributed by atoms with Gasteiger partial charge in [-0.2, -0.15) is 0 Å². The monoisotopic (exact) mass is 184 g/mol. The van der Waals surface area contributed by atoms with Gasteiger partial charge in [-0.15, -0.1) is 0 Å². The van der Waals surface area contributed by atoms with E-state index >= 15 is 0 Å². The summed E-state index contributed by atoms with van der Waals surface area (Å²) in [6, 6.07) is 5.42. The fourth-order valence-electron chi connectivity index (χ4n) is 0.973. The molecule has 0 radical (unpaired) electrons. The Hall–Kier alpha value is -1.55. The summed E-state index contributed by atoms with van der Waals surface area (Å²) in [5.41, 5.74) is 6.12. The summed E-state index contributed by atoms with van der Waals surface area (Å²) in [4.78, 5) is 10.4. The smallest absolute Gasteiger partial charge is 0.320 e. The first-order chi connectivity index (χ1) is 6.09.